The molecule has 2 rings (SSSR count). The molecule has 0 saturated heterocycles. The van der Waals surface area contributed by atoms with Gasteiger partial charge >= 0.3 is 0 Å². The van der Waals surface area contributed by atoms with Crippen molar-refractivity contribution < 1.29 is 12.8 Å². The highest BCUT2D eigenvalue weighted by molar-refractivity contribution is 14.0. The fourth-order valence-electron chi connectivity index (χ4n) is 2.77. The molecular formula is C19H29FIN5O2S. The first-order chi connectivity index (χ1) is 13.3. The topological polar surface area (TPSA) is 88.4 Å². The molecule has 29 heavy (non-hydrogen) atoms. The number of aromatic nitrogens is 2. The zero-order chi connectivity index (χ0) is 20.6. The minimum atomic E-state index is -3.21. The largest absolute Gasteiger partial charge is 0.357 e. The molecule has 0 amide bonds. The normalized spacial score (nSPS) is 11.8. The molecule has 0 unspecified atom stereocenters. The van der Waals surface area contributed by atoms with Gasteiger partial charge in [-0.2, -0.15) is 5.10 Å². The summed E-state index contributed by atoms with van der Waals surface area (Å²) >= 11 is 0. The third-order valence-corrected chi connectivity index (χ3v) is 4.87. The number of sulfone groups is 1. The van der Waals surface area contributed by atoms with Gasteiger partial charge in [0.1, 0.15) is 5.82 Å². The molecule has 162 valence electrons. The molecule has 0 bridgehead atoms. The molecule has 10 heteroatoms. The Bertz CT molecular complexity index is 915. The maximum atomic E-state index is 13.6. The summed E-state index contributed by atoms with van der Waals surface area (Å²) in [4.78, 5) is 4.48. The quantitative estimate of drug-likeness (QED) is 0.222. The number of benzene rings is 1. The molecule has 1 aromatic heterocycles. The summed E-state index contributed by atoms with van der Waals surface area (Å²) < 4.78 is 38.6. The average Bonchev–Trinajstić information content (AvgIpc) is 3.02. The summed E-state index contributed by atoms with van der Waals surface area (Å²) in [5.74, 6) is 0.0767. The van der Waals surface area contributed by atoms with Crippen LogP contribution < -0.4 is 10.6 Å². The molecular weight excluding hydrogens is 508 g/mol. The predicted octanol–water partition coefficient (Wildman–Crippen LogP) is 2.41. The Morgan fingerprint density at radius 2 is 2.03 bits per heavy atom. The van der Waals surface area contributed by atoms with Gasteiger partial charge in [0.15, 0.2) is 15.8 Å². The summed E-state index contributed by atoms with van der Waals surface area (Å²) in [5, 5.41) is 10.5. The zero-order valence-corrected chi connectivity index (χ0v) is 20.1. The van der Waals surface area contributed by atoms with E-state index in [9.17, 15) is 12.8 Å². The Hall–Kier alpha value is -1.69. The molecule has 1 heterocycles. The predicted molar refractivity (Wildman–Crippen MR) is 125 cm³/mol. The number of aryl methyl sites for hydroxylation is 2. The highest BCUT2D eigenvalue weighted by Crippen LogP contribution is 2.15. The zero-order valence-electron chi connectivity index (χ0n) is 17.0. The molecule has 2 N–H and O–H groups in total. The van der Waals surface area contributed by atoms with E-state index in [1.807, 2.05) is 26.4 Å². The average molecular weight is 537 g/mol. The van der Waals surface area contributed by atoms with E-state index in [1.165, 1.54) is 23.8 Å². The fraction of sp³-hybridized carbons (Fsp3) is 0.474. The number of nitrogens with zero attached hydrogens (tertiary/aromatic N) is 3. The second-order valence-electron chi connectivity index (χ2n) is 6.73. The van der Waals surface area contributed by atoms with Gasteiger partial charge in [-0.15, -0.1) is 24.0 Å². The molecule has 0 saturated carbocycles. The number of hydrogen-bond acceptors (Lipinski definition) is 4. The second-order valence-corrected chi connectivity index (χ2v) is 8.87. The van der Waals surface area contributed by atoms with Gasteiger partial charge in [0.25, 0.3) is 0 Å². The summed E-state index contributed by atoms with van der Waals surface area (Å²) in [6.45, 7) is 3.57. The van der Waals surface area contributed by atoms with E-state index in [-0.39, 0.29) is 36.3 Å². The van der Waals surface area contributed by atoms with Crippen LogP contribution in [-0.4, -0.2) is 43.5 Å². The van der Waals surface area contributed by atoms with E-state index in [0.717, 1.165) is 25.6 Å². The number of guanidine groups is 1. The van der Waals surface area contributed by atoms with Crippen LogP contribution in [0.4, 0.5) is 4.39 Å². The summed E-state index contributed by atoms with van der Waals surface area (Å²) in [7, 11) is -1.32. The third kappa shape index (κ3) is 9.57. The molecule has 7 nitrogen and oxygen atoms in total. The third-order valence-electron chi connectivity index (χ3n) is 4.03. The number of nitrogens with one attached hydrogen (secondary N) is 2. The van der Waals surface area contributed by atoms with Gasteiger partial charge in [-0.25, -0.2) is 17.8 Å². The van der Waals surface area contributed by atoms with Crippen molar-refractivity contribution in [2.75, 3.05) is 19.3 Å². The van der Waals surface area contributed by atoms with Gasteiger partial charge < -0.3 is 10.6 Å². The van der Waals surface area contributed by atoms with Crippen molar-refractivity contribution in [2.24, 2.45) is 12.0 Å². The monoisotopic (exact) mass is 537 g/mol. The van der Waals surface area contributed by atoms with Crippen molar-refractivity contribution in [3.63, 3.8) is 0 Å². The molecule has 0 aliphatic heterocycles. The van der Waals surface area contributed by atoms with Crippen LogP contribution in [0.1, 0.15) is 30.0 Å². The Labute approximate surface area is 189 Å². The molecule has 0 radical (unpaired) electrons. The number of halogens is 2. The van der Waals surface area contributed by atoms with Crippen molar-refractivity contribution in [1.82, 2.24) is 20.4 Å². The van der Waals surface area contributed by atoms with Crippen LogP contribution in [0.3, 0.4) is 0 Å². The maximum absolute atomic E-state index is 13.6. The van der Waals surface area contributed by atoms with E-state index < -0.39 is 15.7 Å². The van der Waals surface area contributed by atoms with E-state index >= 15 is 0 Å². The summed E-state index contributed by atoms with van der Waals surface area (Å²) in [5.41, 5.74) is 2.31. The first-order valence-corrected chi connectivity index (χ1v) is 11.3. The van der Waals surface area contributed by atoms with Crippen LogP contribution in [0, 0.1) is 5.82 Å². The molecule has 0 fully saturated rings. The Balaban J connectivity index is 0.00000420. The van der Waals surface area contributed by atoms with E-state index in [4.69, 9.17) is 0 Å². The Morgan fingerprint density at radius 1 is 1.28 bits per heavy atom. The van der Waals surface area contributed by atoms with Crippen molar-refractivity contribution in [3.8, 4) is 0 Å². The number of hydrogen-bond donors (Lipinski definition) is 2. The van der Waals surface area contributed by atoms with Gasteiger partial charge in [-0.05, 0) is 48.6 Å². The Morgan fingerprint density at radius 3 is 2.66 bits per heavy atom. The molecule has 0 aliphatic rings. The lowest BCUT2D eigenvalue weighted by Crippen LogP contribution is -2.37. The lowest BCUT2D eigenvalue weighted by molar-refractivity contribution is 0.600. The van der Waals surface area contributed by atoms with Crippen LogP contribution in [0.5, 0.6) is 0 Å². The number of rotatable bonds is 9. The van der Waals surface area contributed by atoms with Crippen LogP contribution >= 0.6 is 24.0 Å². The minimum Gasteiger partial charge on any atom is -0.357 e. The van der Waals surface area contributed by atoms with Gasteiger partial charge in [0.05, 0.1) is 18.5 Å². The fourth-order valence-corrected chi connectivity index (χ4v) is 3.62. The van der Waals surface area contributed by atoms with E-state index in [1.54, 1.807) is 4.68 Å². The lowest BCUT2D eigenvalue weighted by atomic mass is 10.1. The smallest absolute Gasteiger partial charge is 0.191 e. The lowest BCUT2D eigenvalue weighted by Gasteiger charge is -2.12. The SMILES string of the molecule is CCNC(=NCc1cc(F)ccc1CS(C)(=O)=O)NCCCc1cnn(C)c1.I. The maximum Gasteiger partial charge on any atom is 0.191 e. The second kappa shape index (κ2) is 12.1. The minimum absolute atomic E-state index is 0. The standard InChI is InChI=1S/C19H28FN5O2S.HI/c1-4-21-19(22-9-5-6-15-11-24-25(2)13-15)23-12-17-10-18(20)8-7-16(17)14-28(3,26)27;/h7-8,10-11,13H,4-6,9,12,14H2,1-3H3,(H2,21,22,23);1H. The van der Waals surface area contributed by atoms with Crippen LogP contribution in [0.25, 0.3) is 0 Å². The van der Waals surface area contributed by atoms with Gasteiger partial charge in [0.2, 0.25) is 0 Å². The van der Waals surface area contributed by atoms with Crippen molar-refractivity contribution in [2.45, 2.75) is 32.1 Å². The van der Waals surface area contributed by atoms with Crippen molar-refractivity contribution >= 4 is 39.8 Å². The highest BCUT2D eigenvalue weighted by atomic mass is 127. The number of aliphatic imine (C=N–C) groups is 1. The van der Waals surface area contributed by atoms with Gasteiger partial charge in [0, 0.05) is 32.6 Å². The van der Waals surface area contributed by atoms with Crippen molar-refractivity contribution in [3.05, 3.63) is 53.1 Å². The molecule has 0 spiro atoms. The van der Waals surface area contributed by atoms with Crippen LogP contribution in [-0.2, 0) is 35.6 Å². The van der Waals surface area contributed by atoms with E-state index in [0.29, 0.717) is 23.6 Å². The van der Waals surface area contributed by atoms with E-state index in [2.05, 4.69) is 20.7 Å². The first-order valence-electron chi connectivity index (χ1n) is 9.21. The van der Waals surface area contributed by atoms with Crippen molar-refractivity contribution in [1.29, 1.82) is 0 Å². The summed E-state index contributed by atoms with van der Waals surface area (Å²) in [6.07, 6.45) is 6.83. The molecule has 2 aromatic rings. The molecule has 0 aliphatic carbocycles. The summed E-state index contributed by atoms with van der Waals surface area (Å²) in [6, 6.07) is 4.13. The van der Waals surface area contributed by atoms with Crippen LogP contribution in [0.15, 0.2) is 35.6 Å². The highest BCUT2D eigenvalue weighted by Gasteiger charge is 2.11. The Kier molecular flexibility index (Phi) is 10.6. The molecule has 0 atom stereocenters. The van der Waals surface area contributed by atoms with Gasteiger partial charge in [-0.1, -0.05) is 6.07 Å². The van der Waals surface area contributed by atoms with Gasteiger partial charge in [-0.3, -0.25) is 4.68 Å². The molecule has 1 aromatic carbocycles. The first kappa shape index (κ1) is 25.3. The van der Waals surface area contributed by atoms with Crippen LogP contribution in [0.2, 0.25) is 0 Å².